The van der Waals surface area contributed by atoms with Crippen molar-refractivity contribution in [1.29, 1.82) is 0 Å². The highest BCUT2D eigenvalue weighted by atomic mass is 16.5. The van der Waals surface area contributed by atoms with Crippen molar-refractivity contribution < 1.29 is 9.15 Å². The SMILES string of the molecule is CO[C@@H]1C[C@H](c2nnc(C)o2)N(c2nc3ccccc3[nH]2)C1. The Morgan fingerprint density at radius 2 is 2.18 bits per heavy atom. The van der Waals surface area contributed by atoms with Crippen molar-refractivity contribution in [2.75, 3.05) is 18.6 Å². The van der Waals surface area contributed by atoms with Crippen molar-refractivity contribution >= 4 is 17.0 Å². The maximum Gasteiger partial charge on any atom is 0.239 e. The molecule has 1 N–H and O–H groups in total. The first-order chi connectivity index (χ1) is 10.7. The number of fused-ring (bicyclic) bond motifs is 1. The molecule has 7 nitrogen and oxygen atoms in total. The second-order valence-electron chi connectivity index (χ2n) is 5.50. The van der Waals surface area contributed by atoms with Gasteiger partial charge in [-0.15, -0.1) is 10.2 Å². The molecule has 0 saturated carbocycles. The van der Waals surface area contributed by atoms with Crippen LogP contribution in [0, 0.1) is 6.92 Å². The Hall–Kier alpha value is -2.41. The highest BCUT2D eigenvalue weighted by Gasteiger charge is 2.38. The number of aromatic amines is 1. The lowest BCUT2D eigenvalue weighted by Gasteiger charge is -2.20. The predicted molar refractivity (Wildman–Crippen MR) is 80.6 cm³/mol. The summed E-state index contributed by atoms with van der Waals surface area (Å²) in [6.07, 6.45) is 0.917. The predicted octanol–water partition coefficient (Wildman–Crippen LogP) is 2.22. The molecule has 22 heavy (non-hydrogen) atoms. The Kier molecular flexibility index (Phi) is 3.07. The summed E-state index contributed by atoms with van der Waals surface area (Å²) in [7, 11) is 1.73. The van der Waals surface area contributed by atoms with Crippen molar-refractivity contribution in [1.82, 2.24) is 20.2 Å². The minimum absolute atomic E-state index is 0.0216. The lowest BCUT2D eigenvalue weighted by molar-refractivity contribution is 0.117. The number of anilines is 1. The third kappa shape index (κ3) is 2.14. The summed E-state index contributed by atoms with van der Waals surface area (Å²) < 4.78 is 11.1. The topological polar surface area (TPSA) is 80.1 Å². The number of rotatable bonds is 3. The number of H-pyrrole nitrogens is 1. The van der Waals surface area contributed by atoms with Gasteiger partial charge in [-0.3, -0.25) is 0 Å². The molecule has 0 aliphatic carbocycles. The van der Waals surface area contributed by atoms with Crippen LogP contribution in [0.4, 0.5) is 5.95 Å². The van der Waals surface area contributed by atoms with E-state index >= 15 is 0 Å². The summed E-state index contributed by atoms with van der Waals surface area (Å²) in [6, 6.07) is 7.96. The van der Waals surface area contributed by atoms with Gasteiger partial charge in [-0.1, -0.05) is 12.1 Å². The van der Waals surface area contributed by atoms with Crippen LogP contribution in [-0.4, -0.2) is 39.9 Å². The lowest BCUT2D eigenvalue weighted by Crippen LogP contribution is -2.26. The van der Waals surface area contributed by atoms with Gasteiger partial charge in [-0.2, -0.15) is 0 Å². The highest BCUT2D eigenvalue weighted by molar-refractivity contribution is 5.77. The first kappa shape index (κ1) is 13.3. The van der Waals surface area contributed by atoms with Gasteiger partial charge < -0.3 is 19.0 Å². The van der Waals surface area contributed by atoms with E-state index in [1.54, 1.807) is 14.0 Å². The van der Waals surface area contributed by atoms with E-state index in [4.69, 9.17) is 9.15 Å². The molecule has 1 fully saturated rings. The summed E-state index contributed by atoms with van der Waals surface area (Å²) in [5.41, 5.74) is 1.96. The molecule has 1 aromatic carbocycles. The number of para-hydroxylation sites is 2. The fraction of sp³-hybridized carbons (Fsp3) is 0.400. The maximum absolute atomic E-state index is 5.62. The number of aromatic nitrogens is 4. The number of aryl methyl sites for hydroxylation is 1. The van der Waals surface area contributed by atoms with E-state index in [9.17, 15) is 0 Å². The molecule has 3 heterocycles. The fourth-order valence-electron chi connectivity index (χ4n) is 2.96. The molecule has 0 bridgehead atoms. The van der Waals surface area contributed by atoms with Crippen molar-refractivity contribution in [3.8, 4) is 0 Å². The molecule has 1 saturated heterocycles. The molecule has 0 unspecified atom stereocenters. The highest BCUT2D eigenvalue weighted by Crippen LogP contribution is 2.36. The third-order valence-electron chi connectivity index (χ3n) is 4.07. The molecule has 0 amide bonds. The van der Waals surface area contributed by atoms with Gasteiger partial charge in [0.1, 0.15) is 6.04 Å². The van der Waals surface area contributed by atoms with E-state index in [2.05, 4.69) is 25.1 Å². The molecule has 0 radical (unpaired) electrons. The van der Waals surface area contributed by atoms with Gasteiger partial charge in [0.15, 0.2) is 0 Å². The summed E-state index contributed by atoms with van der Waals surface area (Å²) in [5.74, 6) is 1.99. The number of ether oxygens (including phenoxy) is 1. The third-order valence-corrected chi connectivity index (χ3v) is 4.07. The van der Waals surface area contributed by atoms with Gasteiger partial charge >= 0.3 is 0 Å². The van der Waals surface area contributed by atoms with Gasteiger partial charge in [0, 0.05) is 27.0 Å². The number of methoxy groups -OCH3 is 1. The zero-order valence-electron chi connectivity index (χ0n) is 12.5. The van der Waals surface area contributed by atoms with Crippen LogP contribution < -0.4 is 4.90 Å². The first-order valence-electron chi connectivity index (χ1n) is 7.29. The van der Waals surface area contributed by atoms with Crippen LogP contribution in [0.25, 0.3) is 11.0 Å². The second kappa shape index (κ2) is 5.10. The normalized spacial score (nSPS) is 21.8. The number of hydrogen-bond acceptors (Lipinski definition) is 6. The average Bonchev–Trinajstić information content (AvgIpc) is 3.23. The molecular formula is C15H17N5O2. The molecule has 7 heteroatoms. The van der Waals surface area contributed by atoms with E-state index in [1.807, 2.05) is 24.3 Å². The largest absolute Gasteiger partial charge is 0.423 e. The van der Waals surface area contributed by atoms with Crippen LogP contribution in [0.2, 0.25) is 0 Å². The molecule has 0 spiro atoms. The van der Waals surface area contributed by atoms with Gasteiger partial charge in [0.05, 0.1) is 17.1 Å². The minimum Gasteiger partial charge on any atom is -0.423 e. The van der Waals surface area contributed by atoms with E-state index in [1.165, 1.54) is 0 Å². The number of hydrogen-bond donors (Lipinski definition) is 1. The van der Waals surface area contributed by atoms with E-state index in [0.29, 0.717) is 11.8 Å². The first-order valence-corrected chi connectivity index (χ1v) is 7.29. The van der Waals surface area contributed by atoms with E-state index in [0.717, 1.165) is 29.9 Å². The summed E-state index contributed by atoms with van der Waals surface area (Å²) in [6.45, 7) is 2.53. The Bertz CT molecular complexity index is 763. The lowest BCUT2D eigenvalue weighted by atomic mass is 10.2. The average molecular weight is 299 g/mol. The van der Waals surface area contributed by atoms with Crippen molar-refractivity contribution in [3.63, 3.8) is 0 Å². The summed E-state index contributed by atoms with van der Waals surface area (Å²) >= 11 is 0. The van der Waals surface area contributed by atoms with Crippen molar-refractivity contribution in [3.05, 3.63) is 36.0 Å². The van der Waals surface area contributed by atoms with E-state index < -0.39 is 0 Å². The van der Waals surface area contributed by atoms with Crippen LogP contribution in [0.3, 0.4) is 0 Å². The Morgan fingerprint density at radius 3 is 2.91 bits per heavy atom. The van der Waals surface area contributed by atoms with Crippen LogP contribution in [0.15, 0.2) is 28.7 Å². The number of benzene rings is 1. The summed E-state index contributed by atoms with van der Waals surface area (Å²) in [5, 5.41) is 8.11. The molecular weight excluding hydrogens is 282 g/mol. The number of imidazole rings is 1. The Balaban J connectivity index is 1.73. The smallest absolute Gasteiger partial charge is 0.239 e. The molecule has 114 valence electrons. The number of nitrogens with one attached hydrogen (secondary N) is 1. The Labute approximate surface area is 127 Å². The monoisotopic (exact) mass is 299 g/mol. The maximum atomic E-state index is 5.62. The number of nitrogens with zero attached hydrogens (tertiary/aromatic N) is 4. The molecule has 4 rings (SSSR count). The molecule has 1 aliphatic heterocycles. The summed E-state index contributed by atoms with van der Waals surface area (Å²) in [4.78, 5) is 10.2. The zero-order valence-corrected chi connectivity index (χ0v) is 12.5. The van der Waals surface area contributed by atoms with Gasteiger partial charge in [-0.25, -0.2) is 4.98 Å². The standard InChI is InChI=1S/C15H17N5O2/c1-9-18-19-14(22-9)13-7-10(21-2)8-20(13)15-16-11-5-3-4-6-12(11)17-15/h3-6,10,13H,7-8H2,1-2H3,(H,16,17)/t10-,13-/m1/s1. The quantitative estimate of drug-likeness (QED) is 0.798. The molecule has 2 atom stereocenters. The van der Waals surface area contributed by atoms with Crippen LogP contribution in [-0.2, 0) is 4.74 Å². The Morgan fingerprint density at radius 1 is 1.32 bits per heavy atom. The molecule has 1 aliphatic rings. The zero-order chi connectivity index (χ0) is 15.1. The van der Waals surface area contributed by atoms with Gasteiger partial charge in [-0.05, 0) is 12.1 Å². The van der Waals surface area contributed by atoms with Crippen molar-refractivity contribution in [2.24, 2.45) is 0 Å². The second-order valence-corrected chi connectivity index (χ2v) is 5.50. The molecule has 3 aromatic rings. The van der Waals surface area contributed by atoms with Crippen LogP contribution in [0.5, 0.6) is 0 Å². The molecule has 2 aromatic heterocycles. The van der Waals surface area contributed by atoms with Gasteiger partial charge in [0.2, 0.25) is 17.7 Å². The minimum atomic E-state index is -0.0216. The van der Waals surface area contributed by atoms with Crippen LogP contribution >= 0.6 is 0 Å². The fourth-order valence-corrected chi connectivity index (χ4v) is 2.96. The van der Waals surface area contributed by atoms with Gasteiger partial charge in [0.25, 0.3) is 0 Å². The van der Waals surface area contributed by atoms with Crippen LogP contribution in [0.1, 0.15) is 24.2 Å². The van der Waals surface area contributed by atoms with E-state index in [-0.39, 0.29) is 12.1 Å². The van der Waals surface area contributed by atoms with Crippen molar-refractivity contribution in [2.45, 2.75) is 25.5 Å².